The summed E-state index contributed by atoms with van der Waals surface area (Å²) in [7, 11) is 0. The fourth-order valence-electron chi connectivity index (χ4n) is 2.11. The lowest BCUT2D eigenvalue weighted by molar-refractivity contribution is -0.151. The van der Waals surface area contributed by atoms with Crippen LogP contribution in [-0.2, 0) is 9.53 Å². The zero-order valence-electron chi connectivity index (χ0n) is 9.74. The van der Waals surface area contributed by atoms with Gasteiger partial charge in [0.25, 0.3) is 0 Å². The van der Waals surface area contributed by atoms with Gasteiger partial charge in [-0.05, 0) is 33.2 Å². The Morgan fingerprint density at radius 2 is 2.33 bits per heavy atom. The standard InChI is InChI=1S/C11H22N2O2/c1-3-15-11(14)10-6-4-5-7-13(10)9(2)8-12/h9-10H,3-8,12H2,1-2H3. The molecule has 15 heavy (non-hydrogen) atoms. The Morgan fingerprint density at radius 3 is 2.93 bits per heavy atom. The molecule has 0 radical (unpaired) electrons. The topological polar surface area (TPSA) is 55.6 Å². The van der Waals surface area contributed by atoms with E-state index in [4.69, 9.17) is 10.5 Å². The number of rotatable bonds is 4. The lowest BCUT2D eigenvalue weighted by Gasteiger charge is -2.37. The van der Waals surface area contributed by atoms with Crippen LogP contribution < -0.4 is 5.73 Å². The Kier molecular flexibility index (Phi) is 5.05. The Balaban J connectivity index is 2.60. The van der Waals surface area contributed by atoms with E-state index < -0.39 is 0 Å². The molecule has 1 aliphatic heterocycles. The zero-order chi connectivity index (χ0) is 11.3. The summed E-state index contributed by atoms with van der Waals surface area (Å²) in [5.74, 6) is -0.0856. The van der Waals surface area contributed by atoms with Gasteiger partial charge >= 0.3 is 5.97 Å². The number of likely N-dealkylation sites (tertiary alicyclic amines) is 1. The van der Waals surface area contributed by atoms with Crippen LogP contribution in [0.15, 0.2) is 0 Å². The molecule has 4 nitrogen and oxygen atoms in total. The maximum Gasteiger partial charge on any atom is 0.323 e. The molecule has 2 unspecified atom stereocenters. The van der Waals surface area contributed by atoms with E-state index in [2.05, 4.69) is 11.8 Å². The van der Waals surface area contributed by atoms with Gasteiger partial charge in [-0.2, -0.15) is 0 Å². The minimum atomic E-state index is -0.0856. The number of hydrogen-bond acceptors (Lipinski definition) is 4. The first-order valence-corrected chi connectivity index (χ1v) is 5.83. The van der Waals surface area contributed by atoms with Gasteiger partial charge in [-0.3, -0.25) is 9.69 Å². The third-order valence-electron chi connectivity index (χ3n) is 3.01. The van der Waals surface area contributed by atoms with E-state index >= 15 is 0 Å². The Morgan fingerprint density at radius 1 is 1.60 bits per heavy atom. The molecule has 0 saturated carbocycles. The molecule has 1 heterocycles. The van der Waals surface area contributed by atoms with Crippen molar-refractivity contribution in [3.8, 4) is 0 Å². The first-order chi connectivity index (χ1) is 7.20. The molecule has 0 aromatic rings. The van der Waals surface area contributed by atoms with Crippen LogP contribution in [0, 0.1) is 0 Å². The van der Waals surface area contributed by atoms with E-state index in [-0.39, 0.29) is 18.1 Å². The minimum Gasteiger partial charge on any atom is -0.465 e. The summed E-state index contributed by atoms with van der Waals surface area (Å²) in [6.07, 6.45) is 3.17. The van der Waals surface area contributed by atoms with Crippen molar-refractivity contribution in [3.63, 3.8) is 0 Å². The maximum absolute atomic E-state index is 11.7. The highest BCUT2D eigenvalue weighted by molar-refractivity contribution is 5.75. The Hall–Kier alpha value is -0.610. The summed E-state index contributed by atoms with van der Waals surface area (Å²) >= 11 is 0. The second kappa shape index (κ2) is 6.08. The van der Waals surface area contributed by atoms with Crippen molar-refractivity contribution in [3.05, 3.63) is 0 Å². The summed E-state index contributed by atoms with van der Waals surface area (Å²) in [4.78, 5) is 13.9. The number of piperidine rings is 1. The van der Waals surface area contributed by atoms with E-state index in [1.165, 1.54) is 0 Å². The maximum atomic E-state index is 11.7. The highest BCUT2D eigenvalue weighted by Crippen LogP contribution is 2.20. The monoisotopic (exact) mass is 214 g/mol. The second-order valence-corrected chi connectivity index (χ2v) is 4.09. The molecule has 0 amide bonds. The largest absolute Gasteiger partial charge is 0.465 e. The molecule has 0 aromatic heterocycles. The third-order valence-corrected chi connectivity index (χ3v) is 3.01. The van der Waals surface area contributed by atoms with Crippen molar-refractivity contribution < 1.29 is 9.53 Å². The summed E-state index contributed by atoms with van der Waals surface area (Å²) in [6, 6.07) is 0.192. The first kappa shape index (κ1) is 12.5. The molecule has 2 atom stereocenters. The van der Waals surface area contributed by atoms with Crippen molar-refractivity contribution in [1.82, 2.24) is 4.90 Å². The van der Waals surface area contributed by atoms with Crippen LogP contribution in [0.4, 0.5) is 0 Å². The van der Waals surface area contributed by atoms with Crippen LogP contribution in [0.5, 0.6) is 0 Å². The molecule has 2 N–H and O–H groups in total. The lowest BCUT2D eigenvalue weighted by Crippen LogP contribution is -2.51. The normalized spacial score (nSPS) is 24.9. The van der Waals surface area contributed by atoms with Gasteiger partial charge in [0.1, 0.15) is 6.04 Å². The number of esters is 1. The smallest absolute Gasteiger partial charge is 0.323 e. The second-order valence-electron chi connectivity index (χ2n) is 4.09. The number of carbonyl (C=O) groups excluding carboxylic acids is 1. The van der Waals surface area contributed by atoms with Crippen LogP contribution in [-0.4, -0.2) is 42.6 Å². The van der Waals surface area contributed by atoms with E-state index in [0.717, 1.165) is 25.8 Å². The number of nitrogens with zero attached hydrogens (tertiary/aromatic N) is 1. The average Bonchev–Trinajstić information content (AvgIpc) is 2.28. The quantitative estimate of drug-likeness (QED) is 0.702. The van der Waals surface area contributed by atoms with Gasteiger partial charge in [0.15, 0.2) is 0 Å². The predicted molar refractivity (Wildman–Crippen MR) is 59.5 cm³/mol. The van der Waals surface area contributed by atoms with Gasteiger partial charge in [0.2, 0.25) is 0 Å². The van der Waals surface area contributed by atoms with Crippen LogP contribution in [0.25, 0.3) is 0 Å². The Labute approximate surface area is 91.8 Å². The third kappa shape index (κ3) is 3.18. The van der Waals surface area contributed by atoms with Crippen LogP contribution in [0.1, 0.15) is 33.1 Å². The minimum absolute atomic E-state index is 0.0720. The lowest BCUT2D eigenvalue weighted by atomic mass is 10.00. The molecule has 1 saturated heterocycles. The fraction of sp³-hybridized carbons (Fsp3) is 0.909. The van der Waals surface area contributed by atoms with Gasteiger partial charge in [0.05, 0.1) is 6.61 Å². The highest BCUT2D eigenvalue weighted by atomic mass is 16.5. The first-order valence-electron chi connectivity index (χ1n) is 5.83. The van der Waals surface area contributed by atoms with Crippen molar-refractivity contribution in [1.29, 1.82) is 0 Å². The van der Waals surface area contributed by atoms with Gasteiger partial charge in [-0.15, -0.1) is 0 Å². The Bertz CT molecular complexity index is 209. The molecule has 0 aromatic carbocycles. The highest BCUT2D eigenvalue weighted by Gasteiger charge is 2.32. The fourth-order valence-corrected chi connectivity index (χ4v) is 2.11. The molecule has 0 aliphatic carbocycles. The summed E-state index contributed by atoms with van der Waals surface area (Å²) in [5.41, 5.74) is 5.65. The van der Waals surface area contributed by atoms with Gasteiger partial charge in [-0.25, -0.2) is 0 Å². The number of nitrogens with two attached hydrogens (primary N) is 1. The van der Waals surface area contributed by atoms with E-state index in [1.807, 2.05) is 6.92 Å². The molecular formula is C11H22N2O2. The molecule has 0 bridgehead atoms. The zero-order valence-corrected chi connectivity index (χ0v) is 9.74. The van der Waals surface area contributed by atoms with Gasteiger partial charge in [-0.1, -0.05) is 6.42 Å². The predicted octanol–water partition coefficient (Wildman–Crippen LogP) is 0.751. The van der Waals surface area contributed by atoms with Crippen molar-refractivity contribution >= 4 is 5.97 Å². The average molecular weight is 214 g/mol. The molecular weight excluding hydrogens is 192 g/mol. The SMILES string of the molecule is CCOC(=O)C1CCCCN1C(C)CN. The molecule has 1 aliphatic rings. The van der Waals surface area contributed by atoms with E-state index in [0.29, 0.717) is 13.2 Å². The van der Waals surface area contributed by atoms with Crippen LogP contribution in [0.3, 0.4) is 0 Å². The van der Waals surface area contributed by atoms with E-state index in [9.17, 15) is 4.79 Å². The molecule has 1 fully saturated rings. The van der Waals surface area contributed by atoms with Crippen LogP contribution in [0.2, 0.25) is 0 Å². The van der Waals surface area contributed by atoms with Crippen molar-refractivity contribution in [2.24, 2.45) is 5.73 Å². The van der Waals surface area contributed by atoms with E-state index in [1.54, 1.807) is 0 Å². The number of carbonyl (C=O) groups is 1. The van der Waals surface area contributed by atoms with Gasteiger partial charge in [0, 0.05) is 12.6 Å². The molecule has 0 spiro atoms. The molecule has 88 valence electrons. The summed E-state index contributed by atoms with van der Waals surface area (Å²) in [5, 5.41) is 0. The summed E-state index contributed by atoms with van der Waals surface area (Å²) < 4.78 is 5.08. The summed E-state index contributed by atoms with van der Waals surface area (Å²) in [6.45, 7) is 5.92. The number of hydrogen-bond donors (Lipinski definition) is 1. The van der Waals surface area contributed by atoms with Crippen molar-refractivity contribution in [2.75, 3.05) is 19.7 Å². The van der Waals surface area contributed by atoms with Crippen molar-refractivity contribution in [2.45, 2.75) is 45.2 Å². The molecule has 1 rings (SSSR count). The van der Waals surface area contributed by atoms with Crippen LogP contribution >= 0.6 is 0 Å². The number of ether oxygens (including phenoxy) is 1. The molecule has 4 heteroatoms. The van der Waals surface area contributed by atoms with Gasteiger partial charge < -0.3 is 10.5 Å².